The van der Waals surface area contributed by atoms with E-state index in [9.17, 15) is 9.59 Å². The average molecular weight is 429 g/mol. The lowest BCUT2D eigenvalue weighted by Gasteiger charge is -2.33. The Morgan fingerprint density at radius 3 is 2.69 bits per heavy atom. The highest BCUT2D eigenvalue weighted by Crippen LogP contribution is 2.27. The van der Waals surface area contributed by atoms with Gasteiger partial charge in [-0.15, -0.1) is 0 Å². The first-order valence-corrected chi connectivity index (χ1v) is 10.6. The van der Waals surface area contributed by atoms with Gasteiger partial charge in [0.05, 0.1) is 28.8 Å². The Labute approximate surface area is 184 Å². The zero-order chi connectivity index (χ0) is 22.1. The molecular weight excluding hydrogens is 406 g/mol. The third kappa shape index (κ3) is 3.73. The van der Waals surface area contributed by atoms with Crippen molar-refractivity contribution in [3.05, 3.63) is 70.9 Å². The zero-order valence-corrected chi connectivity index (χ0v) is 17.7. The summed E-state index contributed by atoms with van der Waals surface area (Å²) in [5.41, 5.74) is 2.57. The molecule has 162 valence electrons. The molecule has 1 aliphatic rings. The van der Waals surface area contributed by atoms with Crippen LogP contribution < -0.4 is 15.8 Å². The Bertz CT molecular complexity index is 1320. The van der Waals surface area contributed by atoms with E-state index in [4.69, 9.17) is 5.10 Å². The third-order valence-electron chi connectivity index (χ3n) is 5.88. The molecule has 1 aromatic carbocycles. The molecule has 0 saturated carbocycles. The smallest absolute Gasteiger partial charge is 0.269 e. The first-order chi connectivity index (χ1) is 15.6. The Morgan fingerprint density at radius 1 is 1.12 bits per heavy atom. The van der Waals surface area contributed by atoms with Gasteiger partial charge in [-0.1, -0.05) is 12.1 Å². The maximum Gasteiger partial charge on any atom is 0.269 e. The van der Waals surface area contributed by atoms with Gasteiger partial charge in [0.15, 0.2) is 5.82 Å². The number of pyridine rings is 1. The summed E-state index contributed by atoms with van der Waals surface area (Å²) in [6.07, 6.45) is 5.56. The number of fused-ring (bicyclic) bond motifs is 1. The zero-order valence-electron chi connectivity index (χ0n) is 17.7. The second kappa shape index (κ2) is 8.26. The van der Waals surface area contributed by atoms with Crippen LogP contribution in [-0.2, 0) is 0 Å². The molecule has 0 radical (unpaired) electrons. The van der Waals surface area contributed by atoms with Gasteiger partial charge >= 0.3 is 0 Å². The fourth-order valence-electron chi connectivity index (χ4n) is 4.10. The minimum atomic E-state index is -0.188. The minimum Gasteiger partial charge on any atom is -0.370 e. The number of carbonyl (C=O) groups is 1. The van der Waals surface area contributed by atoms with E-state index in [1.807, 2.05) is 41.2 Å². The number of benzene rings is 1. The number of hydrogen-bond acceptors (Lipinski definition) is 6. The van der Waals surface area contributed by atoms with Crippen LogP contribution in [0.5, 0.6) is 0 Å². The van der Waals surface area contributed by atoms with Crippen molar-refractivity contribution in [3.63, 3.8) is 0 Å². The molecule has 5 rings (SSSR count). The van der Waals surface area contributed by atoms with Crippen LogP contribution in [0.15, 0.2) is 59.7 Å². The third-order valence-corrected chi connectivity index (χ3v) is 5.88. The van der Waals surface area contributed by atoms with Gasteiger partial charge in [0.25, 0.3) is 11.5 Å². The maximum absolute atomic E-state index is 12.4. The molecule has 9 nitrogen and oxygen atoms in total. The number of amides is 1. The summed E-state index contributed by atoms with van der Waals surface area (Å²) in [6.45, 7) is 1.73. The first-order valence-electron chi connectivity index (χ1n) is 10.6. The van der Waals surface area contributed by atoms with E-state index in [-0.39, 0.29) is 17.5 Å². The molecule has 0 spiro atoms. The Morgan fingerprint density at radius 2 is 1.94 bits per heavy atom. The van der Waals surface area contributed by atoms with Gasteiger partial charge in [-0.25, -0.2) is 9.97 Å². The molecule has 1 fully saturated rings. The van der Waals surface area contributed by atoms with Crippen LogP contribution in [0.4, 0.5) is 5.69 Å². The van der Waals surface area contributed by atoms with Crippen molar-refractivity contribution < 1.29 is 4.79 Å². The average Bonchev–Trinajstić information content (AvgIpc) is 3.34. The number of H-pyrrole nitrogens is 1. The summed E-state index contributed by atoms with van der Waals surface area (Å²) in [5.74, 6) is 0.291. The van der Waals surface area contributed by atoms with Crippen molar-refractivity contribution in [2.75, 3.05) is 25.0 Å². The monoisotopic (exact) mass is 429 g/mol. The Balaban J connectivity index is 1.28. The number of anilines is 1. The van der Waals surface area contributed by atoms with Gasteiger partial charge < -0.3 is 15.2 Å². The topological polar surface area (TPSA) is 109 Å². The predicted octanol–water partition coefficient (Wildman–Crippen LogP) is 2.38. The second-order valence-electron chi connectivity index (χ2n) is 7.81. The number of nitrogens with one attached hydrogen (secondary N) is 2. The molecule has 9 heteroatoms. The molecule has 0 atom stereocenters. The predicted molar refractivity (Wildman–Crippen MR) is 122 cm³/mol. The van der Waals surface area contributed by atoms with E-state index in [2.05, 4.69) is 25.2 Å². The van der Waals surface area contributed by atoms with Crippen LogP contribution in [0.3, 0.4) is 0 Å². The highest BCUT2D eigenvalue weighted by Gasteiger charge is 2.22. The van der Waals surface area contributed by atoms with E-state index in [1.165, 1.54) is 0 Å². The van der Waals surface area contributed by atoms with E-state index in [0.717, 1.165) is 31.6 Å². The van der Waals surface area contributed by atoms with Crippen LogP contribution in [-0.4, -0.2) is 50.8 Å². The number of para-hydroxylation sites is 1. The SMILES string of the molecule is CNC(=O)c1ccc(N2CCC(n3ccc(-c4nc5ccccc5c(=O)[nH]4)n3)CC2)cn1. The van der Waals surface area contributed by atoms with Crippen molar-refractivity contribution >= 4 is 22.5 Å². The largest absolute Gasteiger partial charge is 0.370 e. The number of aromatic nitrogens is 5. The molecule has 4 aromatic rings. The second-order valence-corrected chi connectivity index (χ2v) is 7.81. The maximum atomic E-state index is 12.4. The van der Waals surface area contributed by atoms with Gasteiger partial charge in [-0.2, -0.15) is 5.10 Å². The van der Waals surface area contributed by atoms with Crippen molar-refractivity contribution in [1.82, 2.24) is 30.0 Å². The minimum absolute atomic E-state index is 0.162. The molecule has 32 heavy (non-hydrogen) atoms. The molecule has 3 aromatic heterocycles. The summed E-state index contributed by atoms with van der Waals surface area (Å²) in [6, 6.07) is 13.1. The van der Waals surface area contributed by atoms with Gasteiger partial charge in [0.2, 0.25) is 0 Å². The van der Waals surface area contributed by atoms with E-state index in [0.29, 0.717) is 28.1 Å². The quantitative estimate of drug-likeness (QED) is 0.516. The summed E-state index contributed by atoms with van der Waals surface area (Å²) in [5, 5.41) is 7.85. The fraction of sp³-hybridized carbons (Fsp3) is 0.261. The number of aromatic amines is 1. The van der Waals surface area contributed by atoms with Crippen molar-refractivity contribution in [2.45, 2.75) is 18.9 Å². The standard InChI is InChI=1S/C23H23N7O2/c1-24-23(32)20-7-6-16(14-25-20)29-11-8-15(9-12-29)30-13-10-19(28-30)21-26-18-5-3-2-4-17(18)22(31)27-21/h2-7,10,13-15H,8-9,11-12H2,1H3,(H,24,32)(H,26,27,31). The molecule has 1 aliphatic heterocycles. The van der Waals surface area contributed by atoms with Crippen LogP contribution in [0, 0.1) is 0 Å². The molecule has 1 saturated heterocycles. The van der Waals surface area contributed by atoms with Crippen LogP contribution >= 0.6 is 0 Å². The van der Waals surface area contributed by atoms with Crippen molar-refractivity contribution in [1.29, 1.82) is 0 Å². The Kier molecular flexibility index (Phi) is 5.14. The van der Waals surface area contributed by atoms with Gasteiger partial charge in [-0.05, 0) is 43.2 Å². The number of nitrogens with zero attached hydrogens (tertiary/aromatic N) is 5. The molecular formula is C23H23N7O2. The van der Waals surface area contributed by atoms with Crippen LogP contribution in [0.2, 0.25) is 0 Å². The molecule has 0 unspecified atom stereocenters. The molecule has 1 amide bonds. The lowest BCUT2D eigenvalue weighted by Crippen LogP contribution is -2.35. The van der Waals surface area contributed by atoms with E-state index >= 15 is 0 Å². The van der Waals surface area contributed by atoms with Crippen LogP contribution in [0.25, 0.3) is 22.4 Å². The summed E-state index contributed by atoms with van der Waals surface area (Å²) in [4.78, 5) is 38.0. The number of piperidine rings is 1. The fourth-order valence-corrected chi connectivity index (χ4v) is 4.10. The summed E-state index contributed by atoms with van der Waals surface area (Å²) >= 11 is 0. The van der Waals surface area contributed by atoms with Crippen molar-refractivity contribution in [3.8, 4) is 11.5 Å². The van der Waals surface area contributed by atoms with Crippen LogP contribution in [0.1, 0.15) is 29.4 Å². The first kappa shape index (κ1) is 19.9. The number of carbonyl (C=O) groups excluding carboxylic acids is 1. The van der Waals surface area contributed by atoms with E-state index < -0.39 is 0 Å². The van der Waals surface area contributed by atoms with Gasteiger partial charge in [0.1, 0.15) is 11.4 Å². The molecule has 0 aliphatic carbocycles. The van der Waals surface area contributed by atoms with Crippen molar-refractivity contribution in [2.24, 2.45) is 0 Å². The molecule has 2 N–H and O–H groups in total. The van der Waals surface area contributed by atoms with E-state index in [1.54, 1.807) is 25.4 Å². The lowest BCUT2D eigenvalue weighted by atomic mass is 10.0. The summed E-state index contributed by atoms with van der Waals surface area (Å²) < 4.78 is 1.97. The summed E-state index contributed by atoms with van der Waals surface area (Å²) in [7, 11) is 1.59. The highest BCUT2D eigenvalue weighted by atomic mass is 16.1. The highest BCUT2D eigenvalue weighted by molar-refractivity contribution is 5.92. The molecule has 0 bridgehead atoms. The molecule has 4 heterocycles. The van der Waals surface area contributed by atoms with Gasteiger partial charge in [-0.3, -0.25) is 14.3 Å². The van der Waals surface area contributed by atoms with Gasteiger partial charge in [0, 0.05) is 26.3 Å². The number of hydrogen-bond donors (Lipinski definition) is 2. The lowest BCUT2D eigenvalue weighted by molar-refractivity contribution is 0.0958. The normalized spacial score (nSPS) is 14.6. The number of rotatable bonds is 4. The Hall–Kier alpha value is -4.01.